The molecule has 5 heteroatoms. The maximum atomic E-state index is 5.68. The fraction of sp³-hybridized carbons (Fsp3) is 0.682. The number of likely N-dealkylation sites (tertiary alicyclic amines) is 1. The van der Waals surface area contributed by atoms with Crippen molar-refractivity contribution < 1.29 is 4.74 Å². The summed E-state index contributed by atoms with van der Waals surface area (Å²) in [6.45, 7) is 10.7. The number of ether oxygens (including phenoxy) is 1. The molecule has 2 saturated heterocycles. The van der Waals surface area contributed by atoms with Crippen LogP contribution in [0.5, 0.6) is 0 Å². The van der Waals surface area contributed by atoms with Crippen molar-refractivity contribution in [1.29, 1.82) is 0 Å². The summed E-state index contributed by atoms with van der Waals surface area (Å²) < 4.78 is 5.68. The van der Waals surface area contributed by atoms with Gasteiger partial charge in [0.1, 0.15) is 0 Å². The minimum Gasteiger partial charge on any atom is -0.376 e. The summed E-state index contributed by atoms with van der Waals surface area (Å²) >= 11 is 0. The van der Waals surface area contributed by atoms with E-state index in [2.05, 4.69) is 58.6 Å². The smallest absolute Gasteiger partial charge is 0.191 e. The lowest BCUT2D eigenvalue weighted by Gasteiger charge is -2.35. The second-order valence-corrected chi connectivity index (χ2v) is 8.35. The number of hydrogen-bond donors (Lipinski definition) is 2. The van der Waals surface area contributed by atoms with Crippen LogP contribution in [0.3, 0.4) is 0 Å². The average Bonchev–Trinajstić information content (AvgIpc) is 3.16. The zero-order valence-electron chi connectivity index (χ0n) is 17.2. The van der Waals surface area contributed by atoms with Crippen molar-refractivity contribution in [3.8, 4) is 0 Å². The summed E-state index contributed by atoms with van der Waals surface area (Å²) in [4.78, 5) is 6.97. The van der Waals surface area contributed by atoms with Gasteiger partial charge in [0.25, 0.3) is 0 Å². The Bertz CT molecular complexity index is 602. The summed E-state index contributed by atoms with van der Waals surface area (Å²) in [6, 6.07) is 8.78. The van der Waals surface area contributed by atoms with E-state index in [-0.39, 0.29) is 0 Å². The Morgan fingerprint density at radius 2 is 1.89 bits per heavy atom. The number of nitrogens with zero attached hydrogens (tertiary/aromatic N) is 2. The predicted molar refractivity (Wildman–Crippen MR) is 112 cm³/mol. The lowest BCUT2D eigenvalue weighted by Crippen LogP contribution is -2.41. The summed E-state index contributed by atoms with van der Waals surface area (Å²) in [5.74, 6) is 2.43. The molecule has 2 aliphatic rings. The molecule has 0 saturated carbocycles. The predicted octanol–water partition coefficient (Wildman–Crippen LogP) is 3.01. The lowest BCUT2D eigenvalue weighted by atomic mass is 9.91. The molecule has 0 aromatic heterocycles. The van der Waals surface area contributed by atoms with Crippen molar-refractivity contribution in [1.82, 2.24) is 15.5 Å². The minimum atomic E-state index is 0.318. The SMILES string of the molecule is CN=C(NCc1ccccc1CN1CC(C)CC(C)C1)NCC1CCCO1. The van der Waals surface area contributed by atoms with Gasteiger partial charge < -0.3 is 15.4 Å². The fourth-order valence-electron chi connectivity index (χ4n) is 4.46. The van der Waals surface area contributed by atoms with Gasteiger partial charge in [-0.2, -0.15) is 0 Å². The Labute approximate surface area is 164 Å². The highest BCUT2D eigenvalue weighted by Crippen LogP contribution is 2.23. The van der Waals surface area contributed by atoms with E-state index in [0.29, 0.717) is 6.10 Å². The summed E-state index contributed by atoms with van der Waals surface area (Å²) in [6.07, 6.45) is 3.98. The van der Waals surface area contributed by atoms with E-state index in [1.165, 1.54) is 37.1 Å². The third kappa shape index (κ3) is 6.22. The number of piperidine rings is 1. The molecule has 3 rings (SSSR count). The number of guanidine groups is 1. The number of aliphatic imine (C=N–C) groups is 1. The molecule has 0 spiro atoms. The highest BCUT2D eigenvalue weighted by Gasteiger charge is 2.22. The molecule has 0 aliphatic carbocycles. The minimum absolute atomic E-state index is 0.318. The first-order valence-electron chi connectivity index (χ1n) is 10.5. The first-order chi connectivity index (χ1) is 13.1. The molecule has 2 fully saturated rings. The van der Waals surface area contributed by atoms with Crippen LogP contribution in [0, 0.1) is 11.8 Å². The van der Waals surface area contributed by atoms with Gasteiger partial charge in [0.2, 0.25) is 0 Å². The maximum Gasteiger partial charge on any atom is 0.191 e. The number of nitrogens with one attached hydrogen (secondary N) is 2. The Hall–Kier alpha value is -1.59. The third-order valence-electron chi connectivity index (χ3n) is 5.65. The van der Waals surface area contributed by atoms with Gasteiger partial charge >= 0.3 is 0 Å². The van der Waals surface area contributed by atoms with E-state index in [4.69, 9.17) is 4.74 Å². The topological polar surface area (TPSA) is 48.9 Å². The van der Waals surface area contributed by atoms with Gasteiger partial charge in [-0.25, -0.2) is 0 Å². The average molecular weight is 373 g/mol. The van der Waals surface area contributed by atoms with Gasteiger partial charge in [-0.1, -0.05) is 38.1 Å². The first-order valence-corrected chi connectivity index (χ1v) is 10.5. The van der Waals surface area contributed by atoms with Gasteiger partial charge in [-0.3, -0.25) is 9.89 Å². The lowest BCUT2D eigenvalue weighted by molar-refractivity contribution is 0.114. The Morgan fingerprint density at radius 1 is 1.15 bits per heavy atom. The molecule has 1 aromatic rings. The van der Waals surface area contributed by atoms with Crippen LogP contribution >= 0.6 is 0 Å². The molecule has 0 bridgehead atoms. The van der Waals surface area contributed by atoms with Crippen LogP contribution in [0.25, 0.3) is 0 Å². The molecule has 1 aromatic carbocycles. The van der Waals surface area contributed by atoms with Gasteiger partial charge in [-0.05, 0) is 42.2 Å². The second-order valence-electron chi connectivity index (χ2n) is 8.35. The Morgan fingerprint density at radius 3 is 2.56 bits per heavy atom. The van der Waals surface area contributed by atoms with E-state index in [1.54, 1.807) is 0 Å². The van der Waals surface area contributed by atoms with E-state index >= 15 is 0 Å². The van der Waals surface area contributed by atoms with Crippen molar-refractivity contribution in [2.75, 3.05) is 33.3 Å². The highest BCUT2D eigenvalue weighted by molar-refractivity contribution is 5.79. The normalized spacial score (nSPS) is 26.9. The van der Waals surface area contributed by atoms with Gasteiger partial charge in [-0.15, -0.1) is 0 Å². The largest absolute Gasteiger partial charge is 0.376 e. The van der Waals surface area contributed by atoms with Crippen LogP contribution in [0.4, 0.5) is 0 Å². The molecular weight excluding hydrogens is 336 g/mol. The summed E-state index contributed by atoms with van der Waals surface area (Å²) in [5, 5.41) is 6.87. The summed E-state index contributed by atoms with van der Waals surface area (Å²) in [7, 11) is 1.83. The summed E-state index contributed by atoms with van der Waals surface area (Å²) in [5.41, 5.74) is 2.77. The molecule has 150 valence electrons. The highest BCUT2D eigenvalue weighted by atomic mass is 16.5. The van der Waals surface area contributed by atoms with Crippen molar-refractivity contribution in [3.63, 3.8) is 0 Å². The molecular formula is C22H36N4O. The molecule has 3 unspecified atom stereocenters. The van der Waals surface area contributed by atoms with E-state index in [1.807, 2.05) is 7.05 Å². The Balaban J connectivity index is 1.53. The quantitative estimate of drug-likeness (QED) is 0.595. The molecule has 2 heterocycles. The van der Waals surface area contributed by atoms with Crippen molar-refractivity contribution in [3.05, 3.63) is 35.4 Å². The fourth-order valence-corrected chi connectivity index (χ4v) is 4.46. The van der Waals surface area contributed by atoms with Crippen LogP contribution in [-0.2, 0) is 17.8 Å². The van der Waals surface area contributed by atoms with Crippen LogP contribution in [0.1, 0.15) is 44.2 Å². The first kappa shape index (κ1) is 20.2. The van der Waals surface area contributed by atoms with Crippen molar-refractivity contribution >= 4 is 5.96 Å². The molecule has 3 atom stereocenters. The van der Waals surface area contributed by atoms with Crippen molar-refractivity contribution in [2.45, 2.75) is 52.3 Å². The second kappa shape index (κ2) is 10.1. The van der Waals surface area contributed by atoms with Crippen LogP contribution in [0.2, 0.25) is 0 Å². The molecule has 0 amide bonds. The molecule has 2 aliphatic heterocycles. The van der Waals surface area contributed by atoms with E-state index < -0.39 is 0 Å². The number of benzene rings is 1. The van der Waals surface area contributed by atoms with Crippen molar-refractivity contribution in [2.24, 2.45) is 16.8 Å². The molecule has 27 heavy (non-hydrogen) atoms. The third-order valence-corrected chi connectivity index (χ3v) is 5.65. The zero-order chi connectivity index (χ0) is 19.1. The van der Waals surface area contributed by atoms with Gasteiger partial charge in [0.15, 0.2) is 5.96 Å². The zero-order valence-corrected chi connectivity index (χ0v) is 17.2. The van der Waals surface area contributed by atoms with E-state index in [9.17, 15) is 0 Å². The standard InChI is InChI=1S/C22H36N4O/c1-17-11-18(2)15-26(14-17)16-20-8-5-4-7-19(20)12-24-22(23-3)25-13-21-9-6-10-27-21/h4-5,7-8,17-18,21H,6,9-16H2,1-3H3,(H2,23,24,25). The number of hydrogen-bond acceptors (Lipinski definition) is 3. The maximum absolute atomic E-state index is 5.68. The molecule has 0 radical (unpaired) electrons. The van der Waals surface area contributed by atoms with E-state index in [0.717, 1.165) is 50.5 Å². The monoisotopic (exact) mass is 372 g/mol. The Kier molecular flexibility index (Phi) is 7.53. The van der Waals surface area contributed by atoms with Gasteiger partial charge in [0, 0.05) is 46.4 Å². The van der Waals surface area contributed by atoms with Gasteiger partial charge in [0.05, 0.1) is 6.10 Å². The molecule has 2 N–H and O–H groups in total. The van der Waals surface area contributed by atoms with Crippen LogP contribution < -0.4 is 10.6 Å². The van der Waals surface area contributed by atoms with Crippen LogP contribution in [0.15, 0.2) is 29.3 Å². The van der Waals surface area contributed by atoms with Crippen LogP contribution in [-0.4, -0.2) is 50.3 Å². The number of rotatable bonds is 6. The molecule has 5 nitrogen and oxygen atoms in total.